The summed E-state index contributed by atoms with van der Waals surface area (Å²) < 4.78 is 0. The van der Waals surface area contributed by atoms with Crippen molar-refractivity contribution in [3.05, 3.63) is 34.7 Å². The first-order valence-electron chi connectivity index (χ1n) is 8.72. The molecule has 2 heterocycles. The molecule has 0 saturated carbocycles. The number of carbonyl (C=O) groups excluding carboxylic acids is 2. The molecule has 1 aromatic rings. The van der Waals surface area contributed by atoms with Crippen LogP contribution in [0, 0.1) is 0 Å². The first-order valence-corrected chi connectivity index (χ1v) is 9.54. The van der Waals surface area contributed by atoms with Crippen molar-refractivity contribution in [2.75, 3.05) is 18.0 Å². The highest BCUT2D eigenvalue weighted by Gasteiger charge is 2.37. The van der Waals surface area contributed by atoms with Gasteiger partial charge in [0.1, 0.15) is 0 Å². The molecule has 2 fully saturated rings. The number of hydrogen-bond acceptors (Lipinski definition) is 4. The van der Waals surface area contributed by atoms with Crippen LogP contribution in [-0.2, 0) is 4.79 Å². The smallest absolute Gasteiger partial charge is 0.293 e. The molecule has 4 nitrogen and oxygen atoms in total. The number of thioether (sulfide) groups is 1. The summed E-state index contributed by atoms with van der Waals surface area (Å²) in [5, 5.41) is -0.162. The van der Waals surface area contributed by atoms with Crippen LogP contribution in [0.3, 0.4) is 0 Å². The Balaban J connectivity index is 1.74. The third kappa shape index (κ3) is 3.51. The molecule has 0 radical (unpaired) electrons. The van der Waals surface area contributed by atoms with Crippen molar-refractivity contribution in [2.24, 2.45) is 0 Å². The van der Waals surface area contributed by atoms with E-state index in [2.05, 4.69) is 17.0 Å². The molecule has 0 N–H and O–H groups in total. The number of imide groups is 1. The number of piperidine rings is 1. The predicted octanol–water partition coefficient (Wildman–Crippen LogP) is 4.51. The monoisotopic (exact) mass is 344 g/mol. The molecular weight excluding hydrogens is 320 g/mol. The van der Waals surface area contributed by atoms with Crippen molar-refractivity contribution >= 4 is 34.7 Å². The zero-order valence-corrected chi connectivity index (χ0v) is 15.1. The molecule has 0 bridgehead atoms. The molecule has 24 heavy (non-hydrogen) atoms. The van der Waals surface area contributed by atoms with Crippen LogP contribution >= 0.6 is 11.8 Å². The van der Waals surface area contributed by atoms with Crippen LogP contribution in [0.5, 0.6) is 0 Å². The summed E-state index contributed by atoms with van der Waals surface area (Å²) in [6.45, 7) is 6.13. The normalized spacial score (nSPS) is 21.7. The van der Waals surface area contributed by atoms with Gasteiger partial charge in [-0.2, -0.15) is 0 Å². The van der Waals surface area contributed by atoms with Gasteiger partial charge in [0.05, 0.1) is 4.91 Å². The minimum absolute atomic E-state index is 0.0510. The van der Waals surface area contributed by atoms with Crippen LogP contribution < -0.4 is 4.90 Å². The summed E-state index contributed by atoms with van der Waals surface area (Å²) in [6.07, 6.45) is 6.43. The lowest BCUT2D eigenvalue weighted by Gasteiger charge is -2.28. The van der Waals surface area contributed by atoms with Crippen LogP contribution in [0.15, 0.2) is 29.2 Å². The Bertz CT molecular complexity index is 648. The lowest BCUT2D eigenvalue weighted by molar-refractivity contribution is -0.124. The Morgan fingerprint density at radius 3 is 2.42 bits per heavy atom. The van der Waals surface area contributed by atoms with Gasteiger partial charge >= 0.3 is 0 Å². The van der Waals surface area contributed by atoms with E-state index in [9.17, 15) is 9.59 Å². The van der Waals surface area contributed by atoms with Crippen molar-refractivity contribution < 1.29 is 9.59 Å². The largest absolute Gasteiger partial charge is 0.372 e. The molecule has 1 atom stereocenters. The predicted molar refractivity (Wildman–Crippen MR) is 100 cm³/mol. The highest BCUT2D eigenvalue weighted by molar-refractivity contribution is 8.18. The number of nitrogens with zero attached hydrogens (tertiary/aromatic N) is 2. The number of amides is 2. The van der Waals surface area contributed by atoms with Crippen LogP contribution in [-0.4, -0.2) is 35.2 Å². The maximum Gasteiger partial charge on any atom is 0.293 e. The van der Waals surface area contributed by atoms with Gasteiger partial charge in [0.25, 0.3) is 11.1 Å². The summed E-state index contributed by atoms with van der Waals surface area (Å²) >= 11 is 1.04. The maximum atomic E-state index is 12.4. The molecule has 0 aromatic heterocycles. The molecule has 0 aliphatic carbocycles. The molecule has 2 saturated heterocycles. The second-order valence-electron chi connectivity index (χ2n) is 6.45. The van der Waals surface area contributed by atoms with E-state index >= 15 is 0 Å². The third-order valence-electron chi connectivity index (χ3n) is 4.77. The van der Waals surface area contributed by atoms with E-state index in [1.165, 1.54) is 29.8 Å². The van der Waals surface area contributed by atoms with E-state index in [0.717, 1.165) is 36.8 Å². The first-order chi connectivity index (χ1) is 11.6. The molecular formula is C19H24N2O2S. The van der Waals surface area contributed by atoms with E-state index in [-0.39, 0.29) is 17.2 Å². The molecule has 1 unspecified atom stereocenters. The number of benzene rings is 1. The van der Waals surface area contributed by atoms with E-state index in [1.807, 2.05) is 32.1 Å². The Morgan fingerprint density at radius 2 is 1.79 bits per heavy atom. The van der Waals surface area contributed by atoms with Crippen molar-refractivity contribution in [1.82, 2.24) is 4.90 Å². The van der Waals surface area contributed by atoms with Gasteiger partial charge in [-0.05, 0) is 68.1 Å². The molecule has 1 aromatic carbocycles. The highest BCUT2D eigenvalue weighted by atomic mass is 32.2. The van der Waals surface area contributed by atoms with Gasteiger partial charge in [0, 0.05) is 24.8 Å². The lowest BCUT2D eigenvalue weighted by Crippen LogP contribution is -2.36. The summed E-state index contributed by atoms with van der Waals surface area (Å²) in [5.74, 6) is -0.167. The standard InChI is InChI=1S/C19H24N2O2S/c1-3-14(2)21-18(22)17(24-19(21)23)13-15-7-9-16(10-8-15)20-11-5-4-6-12-20/h7-10,13-14H,3-6,11-12H2,1-2H3/b17-13-. The third-order valence-corrected chi connectivity index (χ3v) is 5.65. The van der Waals surface area contributed by atoms with Crippen LogP contribution in [0.4, 0.5) is 10.5 Å². The number of hydrogen-bond donors (Lipinski definition) is 0. The van der Waals surface area contributed by atoms with Gasteiger partial charge in [-0.1, -0.05) is 19.1 Å². The van der Waals surface area contributed by atoms with Crippen molar-refractivity contribution in [3.63, 3.8) is 0 Å². The second kappa shape index (κ2) is 7.43. The molecule has 0 spiro atoms. The molecule has 2 aliphatic rings. The summed E-state index contributed by atoms with van der Waals surface area (Å²) in [6, 6.07) is 8.22. The maximum absolute atomic E-state index is 12.4. The first kappa shape index (κ1) is 17.1. The zero-order chi connectivity index (χ0) is 17.1. The van der Waals surface area contributed by atoms with Crippen molar-refractivity contribution in [1.29, 1.82) is 0 Å². The SMILES string of the molecule is CCC(C)N1C(=O)S/C(=C\c2ccc(N3CCCCC3)cc2)C1=O. The zero-order valence-electron chi connectivity index (χ0n) is 14.3. The van der Waals surface area contributed by atoms with Gasteiger partial charge in [0.2, 0.25) is 0 Å². The fourth-order valence-electron chi connectivity index (χ4n) is 3.13. The number of rotatable bonds is 4. The highest BCUT2D eigenvalue weighted by Crippen LogP contribution is 2.34. The lowest BCUT2D eigenvalue weighted by atomic mass is 10.1. The number of carbonyl (C=O) groups is 2. The summed E-state index contributed by atoms with van der Waals surface area (Å²) in [5.41, 5.74) is 2.20. The fourth-order valence-corrected chi connectivity index (χ4v) is 4.06. The molecule has 5 heteroatoms. The topological polar surface area (TPSA) is 40.6 Å². The van der Waals surface area contributed by atoms with Gasteiger partial charge in [0.15, 0.2) is 0 Å². The fraction of sp³-hybridized carbons (Fsp3) is 0.474. The van der Waals surface area contributed by atoms with E-state index in [4.69, 9.17) is 0 Å². The average Bonchev–Trinajstić information content (AvgIpc) is 2.89. The second-order valence-corrected chi connectivity index (χ2v) is 7.44. The Hall–Kier alpha value is -1.75. The summed E-state index contributed by atoms with van der Waals surface area (Å²) in [7, 11) is 0. The van der Waals surface area contributed by atoms with E-state index in [1.54, 1.807) is 0 Å². The quantitative estimate of drug-likeness (QED) is 0.754. The minimum atomic E-state index is -0.167. The van der Waals surface area contributed by atoms with Gasteiger partial charge in [-0.15, -0.1) is 0 Å². The molecule has 2 aliphatic heterocycles. The Labute approximate surface area is 147 Å². The molecule has 3 rings (SSSR count). The van der Waals surface area contributed by atoms with Crippen LogP contribution in [0.2, 0.25) is 0 Å². The van der Waals surface area contributed by atoms with E-state index < -0.39 is 0 Å². The van der Waals surface area contributed by atoms with Gasteiger partial charge in [-0.25, -0.2) is 0 Å². The number of anilines is 1. The average molecular weight is 344 g/mol. The van der Waals surface area contributed by atoms with Gasteiger partial charge < -0.3 is 4.90 Å². The minimum Gasteiger partial charge on any atom is -0.372 e. The molecule has 2 amide bonds. The Morgan fingerprint density at radius 1 is 1.12 bits per heavy atom. The summed E-state index contributed by atoms with van der Waals surface area (Å²) in [4.78, 5) is 28.8. The van der Waals surface area contributed by atoms with Crippen molar-refractivity contribution in [2.45, 2.75) is 45.6 Å². The van der Waals surface area contributed by atoms with E-state index in [0.29, 0.717) is 4.91 Å². The Kier molecular flexibility index (Phi) is 5.29. The molecule has 128 valence electrons. The van der Waals surface area contributed by atoms with Gasteiger partial charge in [-0.3, -0.25) is 14.5 Å². The van der Waals surface area contributed by atoms with Crippen LogP contribution in [0.25, 0.3) is 6.08 Å². The van der Waals surface area contributed by atoms with Crippen LogP contribution in [0.1, 0.15) is 45.1 Å². The van der Waals surface area contributed by atoms with Crippen molar-refractivity contribution in [3.8, 4) is 0 Å².